The van der Waals surface area contributed by atoms with Crippen LogP contribution in [0.5, 0.6) is 0 Å². The molecule has 0 heterocycles. The topological polar surface area (TPSA) is 26.3 Å². The summed E-state index contributed by atoms with van der Waals surface area (Å²) in [4.78, 5) is 11.0. The number of ether oxygens (including phenoxy) is 1. The Morgan fingerprint density at radius 3 is 1.78 bits per heavy atom. The van der Waals surface area contributed by atoms with Crippen LogP contribution in [0, 0.1) is 0 Å². The van der Waals surface area contributed by atoms with Gasteiger partial charge in [-0.1, -0.05) is 66.7 Å². The molecular weight excluding hydrogens is 224 g/mol. The van der Waals surface area contributed by atoms with E-state index in [1.54, 1.807) is 0 Å². The lowest BCUT2D eigenvalue weighted by molar-refractivity contribution is -0.142. The molecule has 2 heteroatoms. The molecule has 0 bridgehead atoms. The molecule has 18 heavy (non-hydrogen) atoms. The Kier molecular flexibility index (Phi) is 6.98. The van der Waals surface area contributed by atoms with Crippen LogP contribution >= 0.6 is 0 Å². The zero-order chi connectivity index (χ0) is 13.1. The van der Waals surface area contributed by atoms with Crippen LogP contribution < -0.4 is 0 Å². The highest BCUT2D eigenvalue weighted by Gasteiger charge is 2.01. The van der Waals surface area contributed by atoms with Crippen molar-refractivity contribution in [3.8, 4) is 0 Å². The van der Waals surface area contributed by atoms with Crippen LogP contribution in [0.2, 0.25) is 0 Å². The van der Waals surface area contributed by atoms with Crippen molar-refractivity contribution in [2.45, 2.75) is 13.3 Å². The van der Waals surface area contributed by atoms with Gasteiger partial charge in [-0.2, -0.15) is 0 Å². The summed E-state index contributed by atoms with van der Waals surface area (Å²) in [5.41, 5.74) is 0.996. The molecule has 0 spiro atoms. The van der Waals surface area contributed by atoms with E-state index in [1.165, 1.54) is 0 Å². The van der Waals surface area contributed by atoms with Crippen LogP contribution in [0.1, 0.15) is 12.5 Å². The number of esters is 1. The molecule has 0 saturated heterocycles. The lowest BCUT2D eigenvalue weighted by Gasteiger charge is -2.00. The highest BCUT2D eigenvalue weighted by Crippen LogP contribution is 2.00. The van der Waals surface area contributed by atoms with E-state index in [4.69, 9.17) is 4.74 Å². The summed E-state index contributed by atoms with van der Waals surface area (Å²) in [6, 6.07) is 21.6. The SMILES string of the molecule is CCOC(=O)Cc1ccccc1.c1ccccc1. The maximum Gasteiger partial charge on any atom is 0.310 e. The molecule has 2 aromatic rings. The molecule has 0 radical (unpaired) electrons. The molecular formula is C16H18O2. The second kappa shape index (κ2) is 8.99. The van der Waals surface area contributed by atoms with E-state index in [2.05, 4.69) is 0 Å². The standard InChI is InChI=1S/C10H12O2.C6H6/c1-2-12-10(11)8-9-6-4-3-5-7-9;1-2-4-6-5-3-1/h3-7H,2,8H2,1H3;1-6H. The Bertz CT molecular complexity index is 397. The van der Waals surface area contributed by atoms with Crippen molar-refractivity contribution in [1.29, 1.82) is 0 Å². The molecule has 94 valence electrons. The van der Waals surface area contributed by atoms with Gasteiger partial charge in [-0.05, 0) is 12.5 Å². The molecule has 0 N–H and O–H groups in total. The van der Waals surface area contributed by atoms with Gasteiger partial charge < -0.3 is 4.74 Å². The van der Waals surface area contributed by atoms with Gasteiger partial charge in [0.25, 0.3) is 0 Å². The minimum Gasteiger partial charge on any atom is -0.466 e. The lowest BCUT2D eigenvalue weighted by Crippen LogP contribution is -2.06. The van der Waals surface area contributed by atoms with E-state index in [0.29, 0.717) is 13.0 Å². The Morgan fingerprint density at radius 1 is 0.889 bits per heavy atom. The highest BCUT2D eigenvalue weighted by molar-refractivity contribution is 5.72. The van der Waals surface area contributed by atoms with Crippen LogP contribution in [0.4, 0.5) is 0 Å². The molecule has 0 unspecified atom stereocenters. The molecule has 2 rings (SSSR count). The Balaban J connectivity index is 0.000000225. The second-order valence-corrected chi connectivity index (χ2v) is 3.62. The minimum absolute atomic E-state index is 0.163. The number of hydrogen-bond acceptors (Lipinski definition) is 2. The van der Waals surface area contributed by atoms with Crippen molar-refractivity contribution in [2.24, 2.45) is 0 Å². The fourth-order valence-electron chi connectivity index (χ4n) is 1.36. The first-order chi connectivity index (χ1) is 8.83. The fourth-order valence-corrected chi connectivity index (χ4v) is 1.36. The summed E-state index contributed by atoms with van der Waals surface area (Å²) >= 11 is 0. The molecule has 0 saturated carbocycles. The van der Waals surface area contributed by atoms with Crippen molar-refractivity contribution in [3.05, 3.63) is 72.3 Å². The molecule has 0 aromatic heterocycles. The van der Waals surface area contributed by atoms with Crippen molar-refractivity contribution < 1.29 is 9.53 Å². The van der Waals surface area contributed by atoms with E-state index >= 15 is 0 Å². The van der Waals surface area contributed by atoms with Gasteiger partial charge in [0.15, 0.2) is 0 Å². The van der Waals surface area contributed by atoms with E-state index in [1.807, 2.05) is 73.7 Å². The van der Waals surface area contributed by atoms with Crippen molar-refractivity contribution in [3.63, 3.8) is 0 Å². The van der Waals surface area contributed by atoms with Crippen molar-refractivity contribution in [1.82, 2.24) is 0 Å². The van der Waals surface area contributed by atoms with Crippen LogP contribution in [-0.4, -0.2) is 12.6 Å². The number of rotatable bonds is 3. The van der Waals surface area contributed by atoms with E-state index < -0.39 is 0 Å². The number of benzene rings is 2. The normalized spacial score (nSPS) is 8.94. The van der Waals surface area contributed by atoms with Gasteiger partial charge in [0.1, 0.15) is 0 Å². The average Bonchev–Trinajstić information content (AvgIpc) is 2.43. The predicted molar refractivity (Wildman–Crippen MR) is 73.2 cm³/mol. The molecule has 2 nitrogen and oxygen atoms in total. The quantitative estimate of drug-likeness (QED) is 0.770. The summed E-state index contributed by atoms with van der Waals surface area (Å²) in [5, 5.41) is 0. The largest absolute Gasteiger partial charge is 0.466 e. The summed E-state index contributed by atoms with van der Waals surface area (Å²) in [7, 11) is 0. The first kappa shape index (κ1) is 14.0. The van der Waals surface area contributed by atoms with Gasteiger partial charge in [0.2, 0.25) is 0 Å². The zero-order valence-corrected chi connectivity index (χ0v) is 10.6. The maximum atomic E-state index is 11.0. The van der Waals surface area contributed by atoms with Gasteiger partial charge in [-0.25, -0.2) is 0 Å². The third-order valence-corrected chi connectivity index (χ3v) is 2.16. The van der Waals surface area contributed by atoms with Gasteiger partial charge in [-0.3, -0.25) is 4.79 Å². The molecule has 0 aliphatic rings. The summed E-state index contributed by atoms with van der Waals surface area (Å²) in [6.07, 6.45) is 0.370. The molecule has 0 amide bonds. The molecule has 2 aromatic carbocycles. The summed E-state index contributed by atoms with van der Waals surface area (Å²) in [5.74, 6) is -0.163. The molecule has 0 atom stereocenters. The first-order valence-electron chi connectivity index (χ1n) is 6.02. The van der Waals surface area contributed by atoms with Crippen LogP contribution in [-0.2, 0) is 16.0 Å². The van der Waals surface area contributed by atoms with Gasteiger partial charge >= 0.3 is 5.97 Å². The predicted octanol–water partition coefficient (Wildman–Crippen LogP) is 3.48. The van der Waals surface area contributed by atoms with Gasteiger partial charge in [0, 0.05) is 0 Å². The molecule has 0 fully saturated rings. The monoisotopic (exact) mass is 242 g/mol. The Hall–Kier alpha value is -2.09. The first-order valence-corrected chi connectivity index (χ1v) is 6.02. The average molecular weight is 242 g/mol. The van der Waals surface area contributed by atoms with E-state index in [9.17, 15) is 4.79 Å². The number of carbonyl (C=O) groups excluding carboxylic acids is 1. The van der Waals surface area contributed by atoms with Crippen LogP contribution in [0.25, 0.3) is 0 Å². The lowest BCUT2D eigenvalue weighted by atomic mass is 10.2. The third kappa shape index (κ3) is 6.48. The summed E-state index contributed by atoms with van der Waals surface area (Å²) < 4.78 is 4.81. The van der Waals surface area contributed by atoms with Gasteiger partial charge in [-0.15, -0.1) is 0 Å². The van der Waals surface area contributed by atoms with Crippen molar-refractivity contribution >= 4 is 5.97 Å². The third-order valence-electron chi connectivity index (χ3n) is 2.16. The van der Waals surface area contributed by atoms with Crippen LogP contribution in [0.3, 0.4) is 0 Å². The van der Waals surface area contributed by atoms with E-state index in [-0.39, 0.29) is 5.97 Å². The molecule has 0 aliphatic heterocycles. The molecule has 0 aliphatic carbocycles. The van der Waals surface area contributed by atoms with Crippen LogP contribution in [0.15, 0.2) is 66.7 Å². The second-order valence-electron chi connectivity index (χ2n) is 3.62. The maximum absolute atomic E-state index is 11.0. The summed E-state index contributed by atoms with van der Waals surface area (Å²) in [6.45, 7) is 2.26. The van der Waals surface area contributed by atoms with Gasteiger partial charge in [0.05, 0.1) is 13.0 Å². The number of carbonyl (C=O) groups is 1. The smallest absolute Gasteiger partial charge is 0.310 e. The van der Waals surface area contributed by atoms with Crippen molar-refractivity contribution in [2.75, 3.05) is 6.61 Å². The fraction of sp³-hybridized carbons (Fsp3) is 0.188. The number of hydrogen-bond donors (Lipinski definition) is 0. The van der Waals surface area contributed by atoms with E-state index in [0.717, 1.165) is 5.56 Å². The Morgan fingerprint density at radius 2 is 1.33 bits per heavy atom. The highest BCUT2D eigenvalue weighted by atomic mass is 16.5. The Labute approximate surface area is 108 Å². The zero-order valence-electron chi connectivity index (χ0n) is 10.6. The minimum atomic E-state index is -0.163.